The van der Waals surface area contributed by atoms with Crippen molar-refractivity contribution in [2.24, 2.45) is 5.92 Å². The molecule has 1 aromatic rings. The van der Waals surface area contributed by atoms with Crippen LogP contribution in [0.2, 0.25) is 0 Å². The molecule has 0 bridgehead atoms. The van der Waals surface area contributed by atoms with Gasteiger partial charge in [0.15, 0.2) is 0 Å². The quantitative estimate of drug-likeness (QED) is 0.677. The molecule has 14 heavy (non-hydrogen) atoms. The van der Waals surface area contributed by atoms with E-state index in [4.69, 9.17) is 4.74 Å². The van der Waals surface area contributed by atoms with Crippen molar-refractivity contribution in [2.75, 3.05) is 6.61 Å². The predicted octanol–water partition coefficient (Wildman–Crippen LogP) is 3.04. The number of hydrogen-bond donors (Lipinski definition) is 0. The van der Waals surface area contributed by atoms with Gasteiger partial charge in [-0.3, -0.25) is 0 Å². The Morgan fingerprint density at radius 1 is 1.36 bits per heavy atom. The standard InChI is InChI=1S/C11H16FNO/c1-3-9(4-2)8-14-10-5-6-11(12)13-7-10/h5-7,9H,3-4,8H2,1-2H3. The molecule has 0 unspecified atom stereocenters. The first-order valence-corrected chi connectivity index (χ1v) is 5.00. The summed E-state index contributed by atoms with van der Waals surface area (Å²) in [5.74, 6) is 0.734. The predicted molar refractivity (Wildman–Crippen MR) is 53.8 cm³/mol. The molecular formula is C11H16FNO. The van der Waals surface area contributed by atoms with E-state index in [-0.39, 0.29) is 0 Å². The fourth-order valence-corrected chi connectivity index (χ4v) is 1.19. The molecule has 0 aromatic carbocycles. The van der Waals surface area contributed by atoms with Crippen LogP contribution in [-0.4, -0.2) is 11.6 Å². The molecule has 0 radical (unpaired) electrons. The third kappa shape index (κ3) is 3.32. The maximum atomic E-state index is 12.5. The number of hydrogen-bond acceptors (Lipinski definition) is 2. The van der Waals surface area contributed by atoms with Gasteiger partial charge < -0.3 is 4.74 Å². The van der Waals surface area contributed by atoms with Crippen LogP contribution in [0.15, 0.2) is 18.3 Å². The van der Waals surface area contributed by atoms with Crippen molar-refractivity contribution in [3.8, 4) is 5.75 Å². The summed E-state index contributed by atoms with van der Waals surface area (Å²) in [6.45, 7) is 4.96. The Labute approximate surface area is 84.1 Å². The number of nitrogens with zero attached hydrogens (tertiary/aromatic N) is 1. The number of halogens is 1. The monoisotopic (exact) mass is 197 g/mol. The zero-order valence-electron chi connectivity index (χ0n) is 8.66. The van der Waals surface area contributed by atoms with Gasteiger partial charge in [-0.15, -0.1) is 0 Å². The smallest absolute Gasteiger partial charge is 0.213 e. The molecule has 0 atom stereocenters. The van der Waals surface area contributed by atoms with E-state index in [2.05, 4.69) is 18.8 Å². The van der Waals surface area contributed by atoms with Gasteiger partial charge in [0, 0.05) is 0 Å². The van der Waals surface area contributed by atoms with Crippen molar-refractivity contribution < 1.29 is 9.13 Å². The first-order chi connectivity index (χ1) is 6.76. The lowest BCUT2D eigenvalue weighted by atomic mass is 10.1. The second kappa shape index (κ2) is 5.58. The zero-order valence-corrected chi connectivity index (χ0v) is 8.66. The SMILES string of the molecule is CCC(CC)COc1ccc(F)nc1. The highest BCUT2D eigenvalue weighted by atomic mass is 19.1. The average Bonchev–Trinajstić information content (AvgIpc) is 2.22. The maximum absolute atomic E-state index is 12.5. The lowest BCUT2D eigenvalue weighted by Crippen LogP contribution is -2.10. The molecule has 3 heteroatoms. The Hall–Kier alpha value is -1.12. The first-order valence-electron chi connectivity index (χ1n) is 5.00. The Morgan fingerprint density at radius 3 is 2.57 bits per heavy atom. The van der Waals surface area contributed by atoms with Crippen molar-refractivity contribution >= 4 is 0 Å². The summed E-state index contributed by atoms with van der Waals surface area (Å²) in [6, 6.07) is 2.91. The minimum atomic E-state index is -0.472. The Kier molecular flexibility index (Phi) is 4.36. The van der Waals surface area contributed by atoms with Crippen LogP contribution in [0, 0.1) is 11.9 Å². The fraction of sp³-hybridized carbons (Fsp3) is 0.545. The van der Waals surface area contributed by atoms with Gasteiger partial charge in [0.25, 0.3) is 0 Å². The molecule has 0 spiro atoms. The van der Waals surface area contributed by atoms with Gasteiger partial charge in [-0.05, 0) is 18.1 Å². The van der Waals surface area contributed by atoms with Crippen LogP contribution in [0.25, 0.3) is 0 Å². The van der Waals surface area contributed by atoms with Crippen LogP contribution in [0.3, 0.4) is 0 Å². The summed E-state index contributed by atoms with van der Waals surface area (Å²) >= 11 is 0. The second-order valence-electron chi connectivity index (χ2n) is 3.31. The molecule has 1 aromatic heterocycles. The van der Waals surface area contributed by atoms with Gasteiger partial charge >= 0.3 is 0 Å². The van der Waals surface area contributed by atoms with Crippen molar-refractivity contribution in [1.29, 1.82) is 0 Å². The molecule has 0 fully saturated rings. The van der Waals surface area contributed by atoms with Crippen LogP contribution in [0.5, 0.6) is 5.75 Å². The molecule has 0 aliphatic carbocycles. The summed E-state index contributed by atoms with van der Waals surface area (Å²) in [5.41, 5.74) is 0. The van der Waals surface area contributed by atoms with Crippen molar-refractivity contribution in [1.82, 2.24) is 4.98 Å². The summed E-state index contributed by atoms with van der Waals surface area (Å²) in [6.07, 6.45) is 3.62. The lowest BCUT2D eigenvalue weighted by Gasteiger charge is -2.13. The van der Waals surface area contributed by atoms with Gasteiger partial charge in [-0.1, -0.05) is 26.7 Å². The number of rotatable bonds is 5. The molecule has 0 saturated carbocycles. The Morgan fingerprint density at radius 2 is 2.07 bits per heavy atom. The van der Waals surface area contributed by atoms with E-state index in [1.807, 2.05) is 0 Å². The van der Waals surface area contributed by atoms with E-state index in [1.54, 1.807) is 6.07 Å². The van der Waals surface area contributed by atoms with Gasteiger partial charge in [-0.25, -0.2) is 4.98 Å². The van der Waals surface area contributed by atoms with Gasteiger partial charge in [0.2, 0.25) is 5.95 Å². The summed E-state index contributed by atoms with van der Waals surface area (Å²) in [5, 5.41) is 0. The maximum Gasteiger partial charge on any atom is 0.213 e. The summed E-state index contributed by atoms with van der Waals surface area (Å²) in [7, 11) is 0. The minimum Gasteiger partial charge on any atom is -0.492 e. The molecule has 1 rings (SSSR count). The zero-order chi connectivity index (χ0) is 10.4. The van der Waals surface area contributed by atoms with Gasteiger partial charge in [-0.2, -0.15) is 4.39 Å². The van der Waals surface area contributed by atoms with E-state index >= 15 is 0 Å². The van der Waals surface area contributed by atoms with Crippen LogP contribution in [0.4, 0.5) is 4.39 Å². The largest absolute Gasteiger partial charge is 0.492 e. The first kappa shape index (κ1) is 11.0. The Bertz CT molecular complexity index is 256. The normalized spacial score (nSPS) is 10.6. The molecule has 0 aliphatic heterocycles. The molecule has 0 amide bonds. The molecule has 78 valence electrons. The van der Waals surface area contributed by atoms with E-state index in [0.717, 1.165) is 12.8 Å². The summed E-state index contributed by atoms with van der Waals surface area (Å²) < 4.78 is 17.9. The lowest BCUT2D eigenvalue weighted by molar-refractivity contribution is 0.239. The highest BCUT2D eigenvalue weighted by molar-refractivity contribution is 5.16. The summed E-state index contributed by atoms with van der Waals surface area (Å²) in [4.78, 5) is 3.52. The fourth-order valence-electron chi connectivity index (χ4n) is 1.19. The van der Waals surface area contributed by atoms with Gasteiger partial charge in [0.05, 0.1) is 12.8 Å². The van der Waals surface area contributed by atoms with E-state index in [1.165, 1.54) is 12.3 Å². The topological polar surface area (TPSA) is 22.1 Å². The molecule has 0 N–H and O–H groups in total. The number of aromatic nitrogens is 1. The van der Waals surface area contributed by atoms with Crippen LogP contribution < -0.4 is 4.74 Å². The van der Waals surface area contributed by atoms with Crippen molar-refractivity contribution in [3.05, 3.63) is 24.3 Å². The molecular weight excluding hydrogens is 181 g/mol. The van der Waals surface area contributed by atoms with Crippen LogP contribution in [-0.2, 0) is 0 Å². The number of pyridine rings is 1. The molecule has 1 heterocycles. The van der Waals surface area contributed by atoms with Gasteiger partial charge in [0.1, 0.15) is 5.75 Å². The average molecular weight is 197 g/mol. The number of ether oxygens (including phenoxy) is 1. The van der Waals surface area contributed by atoms with E-state index in [0.29, 0.717) is 18.3 Å². The molecule has 0 aliphatic rings. The third-order valence-corrected chi connectivity index (χ3v) is 2.34. The van der Waals surface area contributed by atoms with Crippen molar-refractivity contribution in [3.63, 3.8) is 0 Å². The minimum absolute atomic E-state index is 0.472. The molecule has 2 nitrogen and oxygen atoms in total. The second-order valence-corrected chi connectivity index (χ2v) is 3.31. The highest BCUT2D eigenvalue weighted by Crippen LogP contribution is 2.13. The van der Waals surface area contributed by atoms with Crippen LogP contribution in [0.1, 0.15) is 26.7 Å². The highest BCUT2D eigenvalue weighted by Gasteiger charge is 2.04. The van der Waals surface area contributed by atoms with E-state index < -0.39 is 5.95 Å². The van der Waals surface area contributed by atoms with Crippen LogP contribution >= 0.6 is 0 Å². The molecule has 0 saturated heterocycles. The van der Waals surface area contributed by atoms with E-state index in [9.17, 15) is 4.39 Å². The Balaban J connectivity index is 2.41. The third-order valence-electron chi connectivity index (χ3n) is 2.34. The van der Waals surface area contributed by atoms with Crippen molar-refractivity contribution in [2.45, 2.75) is 26.7 Å².